The predicted molar refractivity (Wildman–Crippen MR) is 57.8 cm³/mol. The van der Waals surface area contributed by atoms with Gasteiger partial charge in [0, 0.05) is 12.2 Å². The second-order valence-corrected chi connectivity index (χ2v) is 5.07. The van der Waals surface area contributed by atoms with Crippen molar-refractivity contribution in [2.75, 3.05) is 5.32 Å². The van der Waals surface area contributed by atoms with Crippen LogP contribution in [0.15, 0.2) is 17.3 Å². The van der Waals surface area contributed by atoms with Gasteiger partial charge in [-0.25, -0.2) is 0 Å². The van der Waals surface area contributed by atoms with Crippen molar-refractivity contribution in [2.24, 2.45) is 0 Å². The van der Waals surface area contributed by atoms with E-state index in [1.165, 1.54) is 6.20 Å². The van der Waals surface area contributed by atoms with Crippen molar-refractivity contribution in [3.05, 3.63) is 17.4 Å². The molecule has 0 aliphatic heterocycles. The molecule has 2 N–H and O–H groups in total. The summed E-state index contributed by atoms with van der Waals surface area (Å²) in [5, 5.41) is 2.99. The quantitative estimate of drug-likeness (QED) is 0.800. The zero-order chi connectivity index (χ0) is 11.6. The summed E-state index contributed by atoms with van der Waals surface area (Å²) in [7, 11) is -4.31. The SMILES string of the molecule is CC(C)Nc1c(Cl)cncc1S(=O)(=O)O. The van der Waals surface area contributed by atoms with Crippen molar-refractivity contribution in [1.29, 1.82) is 0 Å². The maximum Gasteiger partial charge on any atom is 0.298 e. The monoisotopic (exact) mass is 250 g/mol. The number of pyridine rings is 1. The van der Waals surface area contributed by atoms with Crippen LogP contribution >= 0.6 is 11.6 Å². The minimum Gasteiger partial charge on any atom is -0.380 e. The summed E-state index contributed by atoms with van der Waals surface area (Å²) in [6.45, 7) is 3.65. The highest BCUT2D eigenvalue weighted by atomic mass is 35.5. The first-order valence-corrected chi connectivity index (χ1v) is 6.01. The Balaban J connectivity index is 3.33. The average Bonchev–Trinajstić information content (AvgIpc) is 2.05. The fourth-order valence-corrected chi connectivity index (χ4v) is 1.93. The van der Waals surface area contributed by atoms with Crippen LogP contribution in [0, 0.1) is 0 Å². The molecule has 1 rings (SSSR count). The van der Waals surface area contributed by atoms with Gasteiger partial charge in [0.1, 0.15) is 4.90 Å². The number of nitrogens with one attached hydrogen (secondary N) is 1. The van der Waals surface area contributed by atoms with E-state index in [1.807, 2.05) is 13.8 Å². The number of nitrogens with zero attached hydrogens (tertiary/aromatic N) is 1. The summed E-state index contributed by atoms with van der Waals surface area (Å²) >= 11 is 5.78. The van der Waals surface area contributed by atoms with Gasteiger partial charge < -0.3 is 5.32 Å². The Labute approximate surface area is 93.2 Å². The van der Waals surface area contributed by atoms with Gasteiger partial charge in [0.25, 0.3) is 10.1 Å². The van der Waals surface area contributed by atoms with Gasteiger partial charge in [0.15, 0.2) is 0 Å². The summed E-state index contributed by atoms with van der Waals surface area (Å²) in [6.07, 6.45) is 2.35. The second-order valence-electron chi connectivity index (χ2n) is 3.27. The van der Waals surface area contributed by atoms with Crippen molar-refractivity contribution in [3.63, 3.8) is 0 Å². The van der Waals surface area contributed by atoms with E-state index in [4.69, 9.17) is 16.2 Å². The smallest absolute Gasteiger partial charge is 0.298 e. The van der Waals surface area contributed by atoms with Crippen LogP contribution in [0.5, 0.6) is 0 Å². The number of hydrogen-bond donors (Lipinski definition) is 2. The van der Waals surface area contributed by atoms with Gasteiger partial charge in [-0.1, -0.05) is 11.6 Å². The third kappa shape index (κ3) is 3.05. The average molecular weight is 251 g/mol. The fraction of sp³-hybridized carbons (Fsp3) is 0.375. The zero-order valence-electron chi connectivity index (χ0n) is 8.23. The van der Waals surface area contributed by atoms with Gasteiger partial charge in [0.05, 0.1) is 16.9 Å². The van der Waals surface area contributed by atoms with E-state index >= 15 is 0 Å². The second kappa shape index (κ2) is 4.34. The van der Waals surface area contributed by atoms with Crippen molar-refractivity contribution in [2.45, 2.75) is 24.8 Å². The maximum atomic E-state index is 11.0. The van der Waals surface area contributed by atoms with Crippen LogP contribution in [0.1, 0.15) is 13.8 Å². The lowest BCUT2D eigenvalue weighted by atomic mass is 10.3. The molecule has 0 bridgehead atoms. The van der Waals surface area contributed by atoms with Gasteiger partial charge in [-0.2, -0.15) is 8.42 Å². The molecule has 15 heavy (non-hydrogen) atoms. The van der Waals surface area contributed by atoms with Crippen molar-refractivity contribution in [1.82, 2.24) is 4.98 Å². The highest BCUT2D eigenvalue weighted by molar-refractivity contribution is 7.86. The Morgan fingerprint density at radius 2 is 2.07 bits per heavy atom. The summed E-state index contributed by atoms with van der Waals surface area (Å²) in [5.41, 5.74) is 0.171. The Bertz CT molecular complexity index is 459. The van der Waals surface area contributed by atoms with Crippen LogP contribution in [0.25, 0.3) is 0 Å². The van der Waals surface area contributed by atoms with Gasteiger partial charge in [0.2, 0.25) is 0 Å². The normalized spacial score (nSPS) is 11.8. The van der Waals surface area contributed by atoms with Crippen LogP contribution in [-0.2, 0) is 10.1 Å². The molecule has 0 aliphatic carbocycles. The summed E-state index contributed by atoms with van der Waals surface area (Å²) < 4.78 is 30.9. The lowest BCUT2D eigenvalue weighted by Gasteiger charge is -2.13. The Morgan fingerprint density at radius 3 is 2.53 bits per heavy atom. The lowest BCUT2D eigenvalue weighted by Crippen LogP contribution is -2.14. The van der Waals surface area contributed by atoms with E-state index in [2.05, 4.69) is 10.3 Å². The van der Waals surface area contributed by atoms with Crippen molar-refractivity contribution < 1.29 is 13.0 Å². The molecule has 0 atom stereocenters. The minimum absolute atomic E-state index is 0.00889. The Hall–Kier alpha value is -0.850. The predicted octanol–water partition coefficient (Wildman–Crippen LogP) is 1.80. The minimum atomic E-state index is -4.31. The summed E-state index contributed by atoms with van der Waals surface area (Å²) in [6, 6.07) is -0.00889. The molecule has 0 saturated carbocycles. The van der Waals surface area contributed by atoms with Crippen molar-refractivity contribution >= 4 is 27.4 Å². The van der Waals surface area contributed by atoms with Gasteiger partial charge >= 0.3 is 0 Å². The zero-order valence-corrected chi connectivity index (χ0v) is 9.80. The highest BCUT2D eigenvalue weighted by Crippen LogP contribution is 2.28. The largest absolute Gasteiger partial charge is 0.380 e. The topological polar surface area (TPSA) is 79.3 Å². The fourth-order valence-electron chi connectivity index (χ4n) is 1.04. The Kier molecular flexibility index (Phi) is 3.54. The first kappa shape index (κ1) is 12.2. The molecule has 0 aromatic carbocycles. The molecule has 0 radical (unpaired) electrons. The third-order valence-corrected chi connectivity index (χ3v) is 2.73. The van der Waals surface area contributed by atoms with Crippen molar-refractivity contribution in [3.8, 4) is 0 Å². The molecule has 5 nitrogen and oxygen atoms in total. The van der Waals surface area contributed by atoms with E-state index in [0.717, 1.165) is 6.20 Å². The lowest BCUT2D eigenvalue weighted by molar-refractivity contribution is 0.483. The van der Waals surface area contributed by atoms with E-state index in [1.54, 1.807) is 0 Å². The molecule has 0 unspecified atom stereocenters. The standard InChI is InChI=1S/C8H11ClN2O3S/c1-5(2)11-8-6(9)3-10-4-7(8)15(12,13)14/h3-5H,1-2H3,(H,10,11)(H,12,13,14). The molecule has 1 heterocycles. The molecule has 7 heteroatoms. The van der Waals surface area contributed by atoms with E-state index < -0.39 is 10.1 Å². The van der Waals surface area contributed by atoms with E-state index in [-0.39, 0.29) is 21.6 Å². The first-order chi connectivity index (χ1) is 6.82. The number of halogens is 1. The van der Waals surface area contributed by atoms with Crippen LogP contribution in [0.3, 0.4) is 0 Å². The summed E-state index contributed by atoms with van der Waals surface area (Å²) in [4.78, 5) is 3.29. The molecule has 0 amide bonds. The number of rotatable bonds is 3. The van der Waals surface area contributed by atoms with Gasteiger partial charge in [-0.05, 0) is 13.8 Å². The summed E-state index contributed by atoms with van der Waals surface area (Å²) in [5.74, 6) is 0. The molecule has 0 fully saturated rings. The number of anilines is 1. The van der Waals surface area contributed by atoms with Gasteiger partial charge in [-0.15, -0.1) is 0 Å². The molecule has 84 valence electrons. The number of hydrogen-bond acceptors (Lipinski definition) is 4. The molecule has 1 aromatic heterocycles. The third-order valence-electron chi connectivity index (χ3n) is 1.58. The van der Waals surface area contributed by atoms with Crippen LogP contribution in [0.2, 0.25) is 5.02 Å². The molecular formula is C8H11ClN2O3S. The number of aromatic nitrogens is 1. The Morgan fingerprint density at radius 1 is 1.47 bits per heavy atom. The van der Waals surface area contributed by atoms with Crippen LogP contribution in [0.4, 0.5) is 5.69 Å². The molecule has 1 aromatic rings. The molecular weight excluding hydrogens is 240 g/mol. The van der Waals surface area contributed by atoms with Crippen LogP contribution < -0.4 is 5.32 Å². The van der Waals surface area contributed by atoms with E-state index in [0.29, 0.717) is 0 Å². The highest BCUT2D eigenvalue weighted by Gasteiger charge is 2.18. The van der Waals surface area contributed by atoms with Crippen LogP contribution in [-0.4, -0.2) is 24.0 Å². The molecule has 0 saturated heterocycles. The van der Waals surface area contributed by atoms with E-state index in [9.17, 15) is 8.42 Å². The first-order valence-electron chi connectivity index (χ1n) is 4.20. The maximum absolute atomic E-state index is 11.0. The molecule has 0 aliphatic rings. The van der Waals surface area contributed by atoms with Gasteiger partial charge in [-0.3, -0.25) is 9.54 Å². The molecule has 0 spiro atoms.